The Morgan fingerprint density at radius 3 is 2.76 bits per heavy atom. The number of carbonyl (C=O) groups is 2. The number of fused-ring (bicyclic) bond motifs is 1. The molecule has 2 amide bonds. The average molecular weight is 339 g/mol. The second-order valence-electron chi connectivity index (χ2n) is 6.41. The molecule has 1 N–H and O–H groups in total. The van der Waals surface area contributed by atoms with E-state index in [-0.39, 0.29) is 30.4 Å². The van der Waals surface area contributed by atoms with E-state index in [0.717, 1.165) is 5.56 Å². The van der Waals surface area contributed by atoms with Crippen LogP contribution in [0.25, 0.3) is 0 Å². The lowest BCUT2D eigenvalue weighted by Crippen LogP contribution is -2.35. The van der Waals surface area contributed by atoms with Gasteiger partial charge in [-0.3, -0.25) is 14.6 Å². The van der Waals surface area contributed by atoms with Gasteiger partial charge in [-0.2, -0.15) is 0 Å². The lowest BCUT2D eigenvalue weighted by molar-refractivity contribution is -0.118. The minimum absolute atomic E-state index is 0.0861. The van der Waals surface area contributed by atoms with Gasteiger partial charge in [-0.15, -0.1) is 0 Å². The van der Waals surface area contributed by atoms with Gasteiger partial charge in [-0.25, -0.2) is 0 Å². The molecule has 6 nitrogen and oxygen atoms in total. The highest BCUT2D eigenvalue weighted by molar-refractivity contribution is 6.03. The third-order valence-electron chi connectivity index (χ3n) is 4.26. The van der Waals surface area contributed by atoms with E-state index in [1.807, 2.05) is 12.1 Å². The summed E-state index contributed by atoms with van der Waals surface area (Å²) >= 11 is 0. The van der Waals surface area contributed by atoms with E-state index in [4.69, 9.17) is 4.74 Å². The molecule has 0 radical (unpaired) electrons. The summed E-state index contributed by atoms with van der Waals surface area (Å²) in [5, 5.41) is 2.73. The minimum Gasteiger partial charge on any atom is -0.481 e. The maximum atomic E-state index is 13.1. The highest BCUT2D eigenvalue weighted by Gasteiger charge is 2.29. The van der Waals surface area contributed by atoms with Crippen LogP contribution >= 0.6 is 0 Å². The molecule has 1 aliphatic rings. The van der Waals surface area contributed by atoms with Crippen molar-refractivity contribution in [2.45, 2.75) is 19.9 Å². The van der Waals surface area contributed by atoms with Gasteiger partial charge in [0.25, 0.3) is 11.8 Å². The van der Waals surface area contributed by atoms with Gasteiger partial charge in [-0.05, 0) is 29.7 Å². The molecule has 0 fully saturated rings. The van der Waals surface area contributed by atoms with Crippen LogP contribution in [-0.4, -0.2) is 35.4 Å². The first kappa shape index (κ1) is 17.0. The van der Waals surface area contributed by atoms with Crippen molar-refractivity contribution in [3.8, 4) is 5.75 Å². The third kappa shape index (κ3) is 3.33. The molecule has 6 heteroatoms. The van der Waals surface area contributed by atoms with E-state index in [1.54, 1.807) is 42.5 Å². The molecule has 3 rings (SSSR count). The molecular weight excluding hydrogens is 318 g/mol. The average Bonchev–Trinajstić information content (AvgIpc) is 2.61. The third-order valence-corrected chi connectivity index (χ3v) is 4.26. The van der Waals surface area contributed by atoms with E-state index in [0.29, 0.717) is 17.0 Å². The molecule has 1 atom stereocenters. The van der Waals surface area contributed by atoms with Crippen molar-refractivity contribution in [3.05, 3.63) is 53.9 Å². The van der Waals surface area contributed by atoms with E-state index < -0.39 is 0 Å². The Balaban J connectivity index is 1.95. The highest BCUT2D eigenvalue weighted by Crippen LogP contribution is 2.35. The number of rotatable bonds is 4. The number of benzene rings is 1. The number of pyridine rings is 1. The molecule has 25 heavy (non-hydrogen) atoms. The normalized spacial score (nSPS) is 14.3. The van der Waals surface area contributed by atoms with Gasteiger partial charge in [0.2, 0.25) is 0 Å². The molecule has 0 unspecified atom stereocenters. The summed E-state index contributed by atoms with van der Waals surface area (Å²) in [6, 6.07) is 8.91. The van der Waals surface area contributed by atoms with E-state index >= 15 is 0 Å². The van der Waals surface area contributed by atoms with Crippen molar-refractivity contribution < 1.29 is 14.3 Å². The molecule has 2 heterocycles. The number of anilines is 1. The molecule has 0 saturated carbocycles. The van der Waals surface area contributed by atoms with Crippen LogP contribution in [0.5, 0.6) is 5.75 Å². The lowest BCUT2D eigenvalue weighted by atomic mass is 9.95. The number of aromatic nitrogens is 1. The van der Waals surface area contributed by atoms with Crippen molar-refractivity contribution in [1.82, 2.24) is 9.88 Å². The molecule has 0 bridgehead atoms. The SMILES string of the molecule is CC(C)[C@@H](c1cccnc1)N(C)C(=O)c1cccc2c1OCC(=O)N2. The Bertz CT molecular complexity index is 790. The van der Waals surface area contributed by atoms with Crippen molar-refractivity contribution in [3.63, 3.8) is 0 Å². The topological polar surface area (TPSA) is 71.5 Å². The molecular formula is C19H21N3O3. The van der Waals surface area contributed by atoms with E-state index in [2.05, 4.69) is 24.1 Å². The lowest BCUT2D eigenvalue weighted by Gasteiger charge is -2.32. The zero-order valence-corrected chi connectivity index (χ0v) is 14.5. The van der Waals surface area contributed by atoms with Gasteiger partial charge in [0.1, 0.15) is 0 Å². The number of nitrogens with one attached hydrogen (secondary N) is 1. The Hall–Kier alpha value is -2.89. The maximum Gasteiger partial charge on any atom is 0.262 e. The summed E-state index contributed by atoms with van der Waals surface area (Å²) in [7, 11) is 1.78. The number of nitrogens with zero attached hydrogens (tertiary/aromatic N) is 2. The first-order chi connectivity index (χ1) is 12.0. The molecule has 2 aromatic rings. The maximum absolute atomic E-state index is 13.1. The monoisotopic (exact) mass is 339 g/mol. The van der Waals surface area contributed by atoms with Crippen LogP contribution in [0.3, 0.4) is 0 Å². The summed E-state index contributed by atoms with van der Waals surface area (Å²) in [6.07, 6.45) is 3.50. The van der Waals surface area contributed by atoms with Crippen LogP contribution in [0.4, 0.5) is 5.69 Å². The predicted octanol–water partition coefficient (Wildman–Crippen LogP) is 2.88. The van der Waals surface area contributed by atoms with Gasteiger partial charge in [0, 0.05) is 19.4 Å². The first-order valence-electron chi connectivity index (χ1n) is 8.21. The number of ether oxygens (including phenoxy) is 1. The van der Waals surface area contributed by atoms with Gasteiger partial charge in [-0.1, -0.05) is 26.0 Å². The van der Waals surface area contributed by atoms with Crippen LogP contribution in [0, 0.1) is 5.92 Å². The fourth-order valence-electron chi connectivity index (χ4n) is 3.21. The minimum atomic E-state index is -0.221. The van der Waals surface area contributed by atoms with Crippen molar-refractivity contribution in [2.75, 3.05) is 19.0 Å². The quantitative estimate of drug-likeness (QED) is 0.930. The summed E-state index contributed by atoms with van der Waals surface area (Å²) < 4.78 is 5.51. The molecule has 130 valence electrons. The van der Waals surface area contributed by atoms with E-state index in [9.17, 15) is 9.59 Å². The van der Waals surface area contributed by atoms with Gasteiger partial charge in [0.15, 0.2) is 12.4 Å². The fourth-order valence-corrected chi connectivity index (χ4v) is 3.21. The fraction of sp³-hybridized carbons (Fsp3) is 0.316. The van der Waals surface area contributed by atoms with Crippen LogP contribution in [0.1, 0.15) is 35.8 Å². The zero-order chi connectivity index (χ0) is 18.0. The van der Waals surface area contributed by atoms with Crippen molar-refractivity contribution >= 4 is 17.5 Å². The number of hydrogen-bond donors (Lipinski definition) is 1. The molecule has 0 spiro atoms. The summed E-state index contributed by atoms with van der Waals surface area (Å²) in [5.74, 6) is 0.252. The smallest absolute Gasteiger partial charge is 0.262 e. The van der Waals surface area contributed by atoms with Gasteiger partial charge >= 0.3 is 0 Å². The van der Waals surface area contributed by atoms with E-state index in [1.165, 1.54) is 0 Å². The highest BCUT2D eigenvalue weighted by atomic mass is 16.5. The second kappa shape index (κ2) is 6.93. The number of carbonyl (C=O) groups excluding carboxylic acids is 2. The Kier molecular flexibility index (Phi) is 4.70. The standard InChI is InChI=1S/C19H21N3O3/c1-12(2)17(13-6-5-9-20-10-13)22(3)19(24)14-7-4-8-15-18(14)25-11-16(23)21-15/h4-10,12,17H,11H2,1-3H3,(H,21,23)/t17-/m0/s1. The second-order valence-corrected chi connectivity index (χ2v) is 6.41. The van der Waals surface area contributed by atoms with Crippen molar-refractivity contribution in [1.29, 1.82) is 0 Å². The van der Waals surface area contributed by atoms with Crippen LogP contribution in [0.15, 0.2) is 42.7 Å². The summed E-state index contributed by atoms with van der Waals surface area (Å²) in [5.41, 5.74) is 1.94. The largest absolute Gasteiger partial charge is 0.481 e. The molecule has 0 aliphatic carbocycles. The first-order valence-corrected chi connectivity index (χ1v) is 8.21. The summed E-state index contributed by atoms with van der Waals surface area (Å²) in [6.45, 7) is 4.05. The molecule has 0 saturated heterocycles. The zero-order valence-electron chi connectivity index (χ0n) is 14.5. The van der Waals surface area contributed by atoms with Gasteiger partial charge < -0.3 is 15.0 Å². The Labute approximate surface area is 146 Å². The number of hydrogen-bond acceptors (Lipinski definition) is 4. The summed E-state index contributed by atoms with van der Waals surface area (Å²) in [4.78, 5) is 30.5. The van der Waals surface area contributed by atoms with Crippen molar-refractivity contribution in [2.24, 2.45) is 5.92 Å². The Morgan fingerprint density at radius 1 is 1.28 bits per heavy atom. The van der Waals surface area contributed by atoms with Crippen LogP contribution in [-0.2, 0) is 4.79 Å². The Morgan fingerprint density at radius 2 is 2.08 bits per heavy atom. The number of amides is 2. The van der Waals surface area contributed by atoms with Crippen LogP contribution in [0.2, 0.25) is 0 Å². The predicted molar refractivity (Wildman–Crippen MR) is 94.5 cm³/mol. The van der Waals surface area contributed by atoms with Gasteiger partial charge in [0.05, 0.1) is 17.3 Å². The molecule has 1 aliphatic heterocycles. The number of para-hydroxylation sites is 1. The van der Waals surface area contributed by atoms with Crippen LogP contribution < -0.4 is 10.1 Å². The molecule has 1 aromatic carbocycles. The molecule has 1 aromatic heterocycles.